The fourth-order valence-electron chi connectivity index (χ4n) is 2.30. The van der Waals surface area contributed by atoms with Crippen LogP contribution in [0.2, 0.25) is 0 Å². The molecule has 3 rings (SSSR count). The van der Waals surface area contributed by atoms with Crippen LogP contribution >= 0.6 is 0 Å². The zero-order chi connectivity index (χ0) is 12.9. The summed E-state index contributed by atoms with van der Waals surface area (Å²) in [6, 6.07) is 9.61. The summed E-state index contributed by atoms with van der Waals surface area (Å²) in [5.41, 5.74) is 1.11. The van der Waals surface area contributed by atoms with Gasteiger partial charge < -0.3 is 14.8 Å². The Balaban J connectivity index is 2.71. The molecule has 0 atom stereocenters. The molecule has 0 amide bonds. The molecule has 2 aromatic carbocycles. The number of phenols is 2. The van der Waals surface area contributed by atoms with Crippen molar-refractivity contribution in [3.63, 3.8) is 0 Å². The van der Waals surface area contributed by atoms with Crippen molar-refractivity contribution in [2.75, 3.05) is 0 Å². The number of benzene rings is 2. The second kappa shape index (κ2) is 3.50. The zero-order valence-electron chi connectivity index (χ0n) is 9.71. The molecule has 18 heavy (non-hydrogen) atoms. The lowest BCUT2D eigenvalue weighted by Gasteiger charge is -2.11. The summed E-state index contributed by atoms with van der Waals surface area (Å²) in [4.78, 5) is 12.3. The zero-order valence-corrected chi connectivity index (χ0v) is 9.71. The third-order valence-electron chi connectivity index (χ3n) is 3.20. The predicted octanol–water partition coefficient (Wildman–Crippen LogP) is 2.10. The number of phenolic OH excluding ortho intramolecular Hbond substituents is 2. The summed E-state index contributed by atoms with van der Waals surface area (Å²) in [6.45, 7) is 0. The average Bonchev–Trinajstić information content (AvgIpc) is 2.35. The maximum Gasteiger partial charge on any atom is 0.201 e. The Labute approximate surface area is 102 Å². The molecule has 0 aliphatic heterocycles. The van der Waals surface area contributed by atoms with E-state index < -0.39 is 0 Å². The number of aromatic hydroxyl groups is 2. The van der Waals surface area contributed by atoms with Gasteiger partial charge in [-0.3, -0.25) is 4.79 Å². The first-order chi connectivity index (χ1) is 8.59. The van der Waals surface area contributed by atoms with Crippen molar-refractivity contribution in [3.8, 4) is 11.5 Å². The molecule has 0 aliphatic rings. The first-order valence-electron chi connectivity index (χ1n) is 5.53. The number of rotatable bonds is 0. The van der Waals surface area contributed by atoms with Gasteiger partial charge in [0.2, 0.25) is 5.43 Å². The van der Waals surface area contributed by atoms with Crippen molar-refractivity contribution in [1.29, 1.82) is 0 Å². The van der Waals surface area contributed by atoms with Gasteiger partial charge in [-0.2, -0.15) is 0 Å². The Kier molecular flexibility index (Phi) is 2.07. The molecule has 0 bridgehead atoms. The van der Waals surface area contributed by atoms with Crippen LogP contribution in [-0.4, -0.2) is 14.8 Å². The van der Waals surface area contributed by atoms with Crippen LogP contribution in [0.25, 0.3) is 21.8 Å². The standard InChI is InChI=1S/C14H11NO3/c1-15-10-6-5-8(16)7-9(10)14(18)13-11(15)3-2-4-12(13)17/h2-7,16-17H,1H3. The average molecular weight is 241 g/mol. The van der Waals surface area contributed by atoms with Crippen molar-refractivity contribution in [1.82, 2.24) is 4.57 Å². The van der Waals surface area contributed by atoms with Crippen LogP contribution in [0, 0.1) is 0 Å². The van der Waals surface area contributed by atoms with Crippen LogP contribution in [0.4, 0.5) is 0 Å². The van der Waals surface area contributed by atoms with Crippen molar-refractivity contribution < 1.29 is 10.2 Å². The van der Waals surface area contributed by atoms with Crippen molar-refractivity contribution >= 4 is 21.8 Å². The molecule has 3 aromatic rings. The van der Waals surface area contributed by atoms with Gasteiger partial charge in [-0.25, -0.2) is 0 Å². The molecule has 0 aliphatic carbocycles. The summed E-state index contributed by atoms with van der Waals surface area (Å²) < 4.78 is 1.82. The summed E-state index contributed by atoms with van der Waals surface area (Å²) in [6.07, 6.45) is 0. The van der Waals surface area contributed by atoms with E-state index in [1.165, 1.54) is 18.2 Å². The molecular weight excluding hydrogens is 230 g/mol. The fourth-order valence-corrected chi connectivity index (χ4v) is 2.30. The Bertz CT molecular complexity index is 834. The monoisotopic (exact) mass is 241 g/mol. The molecule has 4 nitrogen and oxygen atoms in total. The van der Waals surface area contributed by atoms with E-state index in [0.29, 0.717) is 10.9 Å². The van der Waals surface area contributed by atoms with Crippen LogP contribution in [0.1, 0.15) is 0 Å². The fraction of sp³-hybridized carbons (Fsp3) is 0.0714. The molecule has 2 N–H and O–H groups in total. The first-order valence-corrected chi connectivity index (χ1v) is 5.53. The van der Waals surface area contributed by atoms with Crippen molar-refractivity contribution in [2.24, 2.45) is 7.05 Å². The van der Waals surface area contributed by atoms with Gasteiger partial charge in [0.05, 0.1) is 21.8 Å². The lowest BCUT2D eigenvalue weighted by Crippen LogP contribution is -2.09. The Hall–Kier alpha value is -2.49. The van der Waals surface area contributed by atoms with E-state index in [-0.39, 0.29) is 22.3 Å². The highest BCUT2D eigenvalue weighted by Crippen LogP contribution is 2.26. The van der Waals surface area contributed by atoms with E-state index in [0.717, 1.165) is 5.52 Å². The minimum atomic E-state index is -0.271. The molecule has 0 radical (unpaired) electrons. The summed E-state index contributed by atoms with van der Waals surface area (Å²) >= 11 is 0. The van der Waals surface area contributed by atoms with E-state index in [1.807, 2.05) is 11.6 Å². The van der Waals surface area contributed by atoms with Crippen LogP contribution in [0.3, 0.4) is 0 Å². The SMILES string of the molecule is Cn1c2ccc(O)cc2c(=O)c2c(O)cccc21. The molecule has 1 heterocycles. The highest BCUT2D eigenvalue weighted by atomic mass is 16.3. The van der Waals surface area contributed by atoms with Crippen LogP contribution in [-0.2, 0) is 7.05 Å². The molecule has 0 saturated carbocycles. The number of nitrogens with zero attached hydrogens (tertiary/aromatic N) is 1. The topological polar surface area (TPSA) is 62.5 Å². The summed E-state index contributed by atoms with van der Waals surface area (Å²) in [7, 11) is 1.82. The minimum absolute atomic E-state index is 0.0365. The second-order valence-corrected chi connectivity index (χ2v) is 4.26. The number of hydrogen-bond donors (Lipinski definition) is 2. The lowest BCUT2D eigenvalue weighted by molar-refractivity contribution is 0.476. The van der Waals surface area contributed by atoms with Gasteiger partial charge >= 0.3 is 0 Å². The van der Waals surface area contributed by atoms with Gasteiger partial charge in [-0.05, 0) is 30.3 Å². The molecule has 0 fully saturated rings. The number of aromatic nitrogens is 1. The van der Waals surface area contributed by atoms with Gasteiger partial charge in [-0.15, -0.1) is 0 Å². The third kappa shape index (κ3) is 1.29. The second-order valence-electron chi connectivity index (χ2n) is 4.26. The van der Waals surface area contributed by atoms with Crippen LogP contribution < -0.4 is 5.43 Å². The first kappa shape index (κ1) is 10.7. The van der Waals surface area contributed by atoms with Gasteiger partial charge in [0.25, 0.3) is 0 Å². The van der Waals surface area contributed by atoms with E-state index >= 15 is 0 Å². The minimum Gasteiger partial charge on any atom is -0.508 e. The van der Waals surface area contributed by atoms with Gasteiger partial charge in [0.15, 0.2) is 0 Å². The highest BCUT2D eigenvalue weighted by molar-refractivity contribution is 5.96. The number of pyridine rings is 1. The van der Waals surface area contributed by atoms with Crippen LogP contribution in [0.5, 0.6) is 11.5 Å². The Morgan fingerprint density at radius 2 is 1.83 bits per heavy atom. The predicted molar refractivity (Wildman–Crippen MR) is 70.0 cm³/mol. The number of fused-ring (bicyclic) bond motifs is 2. The molecule has 0 unspecified atom stereocenters. The summed E-state index contributed by atoms with van der Waals surface area (Å²) in [5.74, 6) is -0.00675. The van der Waals surface area contributed by atoms with Gasteiger partial charge in [0, 0.05) is 7.05 Å². The molecule has 1 aromatic heterocycles. The van der Waals surface area contributed by atoms with Gasteiger partial charge in [0.1, 0.15) is 11.5 Å². The normalized spacial score (nSPS) is 11.2. The van der Waals surface area contributed by atoms with Crippen LogP contribution in [0.15, 0.2) is 41.2 Å². The maximum atomic E-state index is 12.3. The largest absolute Gasteiger partial charge is 0.508 e. The number of hydrogen-bond acceptors (Lipinski definition) is 3. The Morgan fingerprint density at radius 3 is 2.61 bits per heavy atom. The molecule has 0 spiro atoms. The van der Waals surface area contributed by atoms with Crippen molar-refractivity contribution in [2.45, 2.75) is 0 Å². The third-order valence-corrected chi connectivity index (χ3v) is 3.20. The maximum absolute atomic E-state index is 12.3. The van der Waals surface area contributed by atoms with Crippen molar-refractivity contribution in [3.05, 3.63) is 46.6 Å². The molecule has 90 valence electrons. The molecule has 4 heteroatoms. The van der Waals surface area contributed by atoms with E-state index in [4.69, 9.17) is 0 Å². The van der Waals surface area contributed by atoms with Gasteiger partial charge in [-0.1, -0.05) is 6.07 Å². The van der Waals surface area contributed by atoms with E-state index in [2.05, 4.69) is 0 Å². The quantitative estimate of drug-likeness (QED) is 0.592. The number of aryl methyl sites for hydroxylation is 1. The molecular formula is C14H11NO3. The van der Waals surface area contributed by atoms with E-state index in [1.54, 1.807) is 18.2 Å². The lowest BCUT2D eigenvalue weighted by atomic mass is 10.1. The Morgan fingerprint density at radius 1 is 1.06 bits per heavy atom. The molecule has 0 saturated heterocycles. The highest BCUT2D eigenvalue weighted by Gasteiger charge is 2.11. The smallest absolute Gasteiger partial charge is 0.201 e. The van der Waals surface area contributed by atoms with E-state index in [9.17, 15) is 15.0 Å². The summed E-state index contributed by atoms with van der Waals surface area (Å²) in [5, 5.41) is 20.0.